The summed E-state index contributed by atoms with van der Waals surface area (Å²) < 4.78 is 0. The van der Waals surface area contributed by atoms with Crippen LogP contribution in [0.2, 0.25) is 0 Å². The van der Waals surface area contributed by atoms with Gasteiger partial charge in [-0.2, -0.15) is 0 Å². The van der Waals surface area contributed by atoms with Gasteiger partial charge in [0.25, 0.3) is 5.91 Å². The second-order valence-corrected chi connectivity index (χ2v) is 4.29. The van der Waals surface area contributed by atoms with Crippen molar-refractivity contribution in [3.05, 3.63) is 47.7 Å². The maximum Gasteiger partial charge on any atom is 0.270 e. The third-order valence-corrected chi connectivity index (χ3v) is 3.08. The Bertz CT molecular complexity index is 494. The van der Waals surface area contributed by atoms with Crippen LogP contribution in [0.5, 0.6) is 0 Å². The first-order valence-corrected chi connectivity index (χ1v) is 5.95. The molecular formula is C14H16N2O2. The van der Waals surface area contributed by atoms with E-state index in [2.05, 4.69) is 5.32 Å². The normalized spacial score (nSPS) is 22.2. The van der Waals surface area contributed by atoms with E-state index < -0.39 is 6.04 Å². The minimum Gasteiger partial charge on any atom is -0.321 e. The summed E-state index contributed by atoms with van der Waals surface area (Å²) in [5, 5.41) is 2.61. The molecule has 0 aromatic heterocycles. The number of piperazine rings is 1. The summed E-state index contributed by atoms with van der Waals surface area (Å²) in [7, 11) is 0. The molecule has 2 rings (SSSR count). The van der Waals surface area contributed by atoms with Crippen LogP contribution in [0.4, 0.5) is 0 Å². The zero-order valence-corrected chi connectivity index (χ0v) is 10.5. The zero-order chi connectivity index (χ0) is 13.1. The van der Waals surface area contributed by atoms with Crippen molar-refractivity contribution >= 4 is 11.8 Å². The van der Waals surface area contributed by atoms with Crippen molar-refractivity contribution in [3.8, 4) is 0 Å². The van der Waals surface area contributed by atoms with E-state index in [1.165, 1.54) is 0 Å². The molecule has 1 N–H and O–H groups in total. The van der Waals surface area contributed by atoms with Crippen LogP contribution in [0.1, 0.15) is 19.4 Å². The van der Waals surface area contributed by atoms with Crippen LogP contribution in [0.3, 0.4) is 0 Å². The van der Waals surface area contributed by atoms with Gasteiger partial charge in [0.2, 0.25) is 5.91 Å². The molecule has 0 unspecified atom stereocenters. The van der Waals surface area contributed by atoms with E-state index in [4.69, 9.17) is 0 Å². The molecule has 1 aromatic carbocycles. The van der Waals surface area contributed by atoms with Gasteiger partial charge in [0, 0.05) is 6.54 Å². The molecule has 0 aliphatic carbocycles. The molecule has 1 aliphatic heterocycles. The van der Waals surface area contributed by atoms with E-state index in [9.17, 15) is 9.59 Å². The van der Waals surface area contributed by atoms with Gasteiger partial charge in [-0.25, -0.2) is 0 Å². The number of amides is 2. The molecule has 1 aliphatic rings. The Morgan fingerprint density at radius 2 is 1.94 bits per heavy atom. The molecule has 0 bridgehead atoms. The Kier molecular flexibility index (Phi) is 3.46. The molecule has 0 saturated carbocycles. The van der Waals surface area contributed by atoms with Gasteiger partial charge >= 0.3 is 0 Å². The van der Waals surface area contributed by atoms with Gasteiger partial charge < -0.3 is 10.2 Å². The van der Waals surface area contributed by atoms with Crippen LogP contribution in [0, 0.1) is 0 Å². The van der Waals surface area contributed by atoms with Crippen molar-refractivity contribution in [2.45, 2.75) is 26.4 Å². The van der Waals surface area contributed by atoms with Gasteiger partial charge in [0.1, 0.15) is 11.7 Å². The number of rotatable bonds is 2. The Morgan fingerprint density at radius 3 is 2.56 bits per heavy atom. The van der Waals surface area contributed by atoms with Crippen molar-refractivity contribution in [2.24, 2.45) is 0 Å². The predicted molar refractivity (Wildman–Crippen MR) is 68.4 cm³/mol. The van der Waals surface area contributed by atoms with Gasteiger partial charge in [0.05, 0.1) is 0 Å². The molecule has 0 radical (unpaired) electrons. The fourth-order valence-electron chi connectivity index (χ4n) is 1.95. The summed E-state index contributed by atoms with van der Waals surface area (Å²) in [6.07, 6.45) is 1.63. The van der Waals surface area contributed by atoms with Crippen molar-refractivity contribution in [2.75, 3.05) is 0 Å². The number of allylic oxidation sites excluding steroid dienone is 1. The number of hydrogen-bond donors (Lipinski definition) is 1. The Hall–Kier alpha value is -2.10. The summed E-state index contributed by atoms with van der Waals surface area (Å²) >= 11 is 0. The highest BCUT2D eigenvalue weighted by molar-refractivity contribution is 6.04. The molecule has 1 aromatic rings. The first-order valence-electron chi connectivity index (χ1n) is 5.95. The van der Waals surface area contributed by atoms with Gasteiger partial charge in [0.15, 0.2) is 0 Å². The molecule has 4 nitrogen and oxygen atoms in total. The third kappa shape index (κ3) is 2.27. The van der Waals surface area contributed by atoms with Crippen molar-refractivity contribution in [1.82, 2.24) is 10.2 Å². The highest BCUT2D eigenvalue weighted by Crippen LogP contribution is 2.16. The predicted octanol–water partition coefficient (Wildman–Crippen LogP) is 1.44. The van der Waals surface area contributed by atoms with E-state index >= 15 is 0 Å². The lowest BCUT2D eigenvalue weighted by molar-refractivity contribution is -0.142. The van der Waals surface area contributed by atoms with Crippen molar-refractivity contribution in [3.63, 3.8) is 0 Å². The average Bonchev–Trinajstić information content (AvgIpc) is 2.40. The lowest BCUT2D eigenvalue weighted by Gasteiger charge is -2.34. The molecule has 1 heterocycles. The van der Waals surface area contributed by atoms with Crippen LogP contribution in [-0.2, 0) is 16.1 Å². The van der Waals surface area contributed by atoms with Crippen LogP contribution in [0.15, 0.2) is 42.1 Å². The number of carbonyl (C=O) groups is 2. The second-order valence-electron chi connectivity index (χ2n) is 4.29. The second kappa shape index (κ2) is 5.04. The number of nitrogens with zero attached hydrogens (tertiary/aromatic N) is 1. The highest BCUT2D eigenvalue weighted by atomic mass is 16.2. The molecular weight excluding hydrogens is 228 g/mol. The van der Waals surface area contributed by atoms with Gasteiger partial charge in [-0.15, -0.1) is 0 Å². The standard InChI is InChI=1S/C14H16N2O2/c1-3-12-14(18)16(10(2)13(17)15-12)9-11-7-5-4-6-8-11/h3-8,10H,9H2,1-2H3,(H,15,17)/b12-3-/t10-/m0/s1. The van der Waals surface area contributed by atoms with Crippen LogP contribution in [0.25, 0.3) is 0 Å². The SMILES string of the molecule is C/C=C1\NC(=O)[C@H](C)N(Cc2ccccc2)C1=O. The van der Waals surface area contributed by atoms with Gasteiger partial charge in [-0.05, 0) is 19.4 Å². The smallest absolute Gasteiger partial charge is 0.270 e. The van der Waals surface area contributed by atoms with Gasteiger partial charge in [-0.1, -0.05) is 36.4 Å². The quantitative estimate of drug-likeness (QED) is 0.800. The number of nitrogens with one attached hydrogen (secondary N) is 1. The molecule has 4 heteroatoms. The maximum absolute atomic E-state index is 12.2. The summed E-state index contributed by atoms with van der Waals surface area (Å²) in [6.45, 7) is 3.93. The molecule has 18 heavy (non-hydrogen) atoms. The van der Waals surface area contributed by atoms with E-state index in [1.807, 2.05) is 30.3 Å². The van der Waals surface area contributed by atoms with Crippen LogP contribution in [-0.4, -0.2) is 22.8 Å². The molecule has 2 amide bonds. The molecule has 1 fully saturated rings. The third-order valence-electron chi connectivity index (χ3n) is 3.08. The largest absolute Gasteiger partial charge is 0.321 e. The Balaban J connectivity index is 2.24. The lowest BCUT2D eigenvalue weighted by atomic mass is 10.1. The highest BCUT2D eigenvalue weighted by Gasteiger charge is 2.33. The topological polar surface area (TPSA) is 49.4 Å². The summed E-state index contributed by atoms with van der Waals surface area (Å²) in [5.74, 6) is -0.271. The summed E-state index contributed by atoms with van der Waals surface area (Å²) in [6, 6.07) is 9.22. The first kappa shape index (κ1) is 12.4. The fourth-order valence-corrected chi connectivity index (χ4v) is 1.95. The van der Waals surface area contributed by atoms with E-state index in [0.717, 1.165) is 5.56 Å². The van der Waals surface area contributed by atoms with Crippen molar-refractivity contribution in [1.29, 1.82) is 0 Å². The summed E-state index contributed by atoms with van der Waals surface area (Å²) in [5.41, 5.74) is 1.37. The maximum atomic E-state index is 12.2. The van der Waals surface area contributed by atoms with E-state index in [-0.39, 0.29) is 11.8 Å². The first-order chi connectivity index (χ1) is 8.63. The Labute approximate surface area is 106 Å². The molecule has 94 valence electrons. The number of carbonyl (C=O) groups excluding carboxylic acids is 2. The minimum absolute atomic E-state index is 0.131. The van der Waals surface area contributed by atoms with Crippen LogP contribution < -0.4 is 5.32 Å². The molecule has 0 spiro atoms. The average molecular weight is 244 g/mol. The van der Waals surface area contributed by atoms with Crippen molar-refractivity contribution < 1.29 is 9.59 Å². The van der Waals surface area contributed by atoms with Gasteiger partial charge in [-0.3, -0.25) is 9.59 Å². The molecule has 1 saturated heterocycles. The fraction of sp³-hybridized carbons (Fsp3) is 0.286. The number of benzene rings is 1. The number of hydrogen-bond acceptors (Lipinski definition) is 2. The van der Waals surface area contributed by atoms with E-state index in [1.54, 1.807) is 24.8 Å². The Morgan fingerprint density at radius 1 is 1.28 bits per heavy atom. The lowest BCUT2D eigenvalue weighted by Crippen LogP contribution is -2.55. The van der Waals surface area contributed by atoms with E-state index in [0.29, 0.717) is 12.2 Å². The van der Waals surface area contributed by atoms with Crippen LogP contribution >= 0.6 is 0 Å². The minimum atomic E-state index is -0.443. The summed E-state index contributed by atoms with van der Waals surface area (Å²) in [4.78, 5) is 25.5. The monoisotopic (exact) mass is 244 g/mol. The zero-order valence-electron chi connectivity index (χ0n) is 10.5. The molecule has 1 atom stereocenters.